The SMILES string of the molecule is CN(C(=O)Nc1cccc(C(F)(F)F)c1)C(CN)C1CC1. The molecule has 116 valence electrons. The number of carbonyl (C=O) groups excluding carboxylic acids is 1. The maximum atomic E-state index is 12.6. The van der Waals surface area contributed by atoms with Crippen LogP contribution in [0.4, 0.5) is 23.7 Å². The fraction of sp³-hybridized carbons (Fsp3) is 0.500. The zero-order chi connectivity index (χ0) is 15.6. The minimum Gasteiger partial charge on any atom is -0.328 e. The quantitative estimate of drug-likeness (QED) is 0.898. The van der Waals surface area contributed by atoms with Crippen molar-refractivity contribution in [3.63, 3.8) is 0 Å². The summed E-state index contributed by atoms with van der Waals surface area (Å²) in [4.78, 5) is 13.6. The minimum absolute atomic E-state index is 0.0733. The van der Waals surface area contributed by atoms with Crippen LogP contribution < -0.4 is 11.1 Å². The lowest BCUT2D eigenvalue weighted by Crippen LogP contribution is -2.45. The maximum Gasteiger partial charge on any atom is 0.416 e. The summed E-state index contributed by atoms with van der Waals surface area (Å²) in [7, 11) is 1.61. The molecule has 1 fully saturated rings. The molecule has 1 aliphatic carbocycles. The van der Waals surface area contributed by atoms with Crippen LogP contribution >= 0.6 is 0 Å². The van der Waals surface area contributed by atoms with E-state index in [-0.39, 0.29) is 11.7 Å². The molecule has 7 heteroatoms. The second-order valence-electron chi connectivity index (χ2n) is 5.26. The summed E-state index contributed by atoms with van der Waals surface area (Å²) in [6, 6.07) is 4.05. The Kier molecular flexibility index (Phi) is 4.41. The van der Waals surface area contributed by atoms with Gasteiger partial charge in [0.15, 0.2) is 0 Å². The van der Waals surface area contributed by atoms with Crippen LogP contribution in [-0.2, 0) is 6.18 Å². The van der Waals surface area contributed by atoms with E-state index < -0.39 is 17.8 Å². The van der Waals surface area contributed by atoms with E-state index in [1.54, 1.807) is 7.05 Å². The first-order valence-electron chi connectivity index (χ1n) is 6.74. The average molecular weight is 301 g/mol. The zero-order valence-corrected chi connectivity index (χ0v) is 11.7. The maximum absolute atomic E-state index is 12.6. The molecule has 0 saturated heterocycles. The Morgan fingerprint density at radius 1 is 1.48 bits per heavy atom. The second-order valence-corrected chi connectivity index (χ2v) is 5.26. The van der Waals surface area contributed by atoms with E-state index in [0.717, 1.165) is 25.0 Å². The molecule has 0 spiro atoms. The third kappa shape index (κ3) is 3.87. The van der Waals surface area contributed by atoms with Crippen molar-refractivity contribution in [2.24, 2.45) is 11.7 Å². The summed E-state index contributed by atoms with van der Waals surface area (Å²) in [5, 5.41) is 2.48. The highest BCUT2D eigenvalue weighted by atomic mass is 19.4. The van der Waals surface area contributed by atoms with Crippen molar-refractivity contribution in [1.29, 1.82) is 0 Å². The number of halogens is 3. The number of anilines is 1. The topological polar surface area (TPSA) is 58.4 Å². The molecule has 1 atom stereocenters. The van der Waals surface area contributed by atoms with Gasteiger partial charge in [-0.1, -0.05) is 6.07 Å². The number of rotatable bonds is 4. The summed E-state index contributed by atoms with van der Waals surface area (Å²) in [6.45, 7) is 0.344. The number of nitrogens with one attached hydrogen (secondary N) is 1. The van der Waals surface area contributed by atoms with Gasteiger partial charge in [-0.25, -0.2) is 4.79 Å². The van der Waals surface area contributed by atoms with Crippen molar-refractivity contribution in [3.8, 4) is 0 Å². The summed E-state index contributed by atoms with van der Waals surface area (Å²) >= 11 is 0. The minimum atomic E-state index is -4.43. The largest absolute Gasteiger partial charge is 0.416 e. The standard InChI is InChI=1S/C14H18F3N3O/c1-20(12(8-18)9-5-6-9)13(21)19-11-4-2-3-10(7-11)14(15,16)17/h2-4,7,9,12H,5-6,8,18H2,1H3,(H,19,21). The van der Waals surface area contributed by atoms with Crippen LogP contribution in [0.15, 0.2) is 24.3 Å². The molecule has 1 unspecified atom stereocenters. The van der Waals surface area contributed by atoms with Gasteiger partial charge < -0.3 is 16.0 Å². The summed E-state index contributed by atoms with van der Waals surface area (Å²) in [6.07, 6.45) is -2.37. The van der Waals surface area contributed by atoms with Crippen molar-refractivity contribution >= 4 is 11.7 Å². The molecule has 1 aromatic rings. The molecule has 0 radical (unpaired) electrons. The number of alkyl halides is 3. The molecule has 1 aliphatic rings. The summed E-state index contributed by atoms with van der Waals surface area (Å²) in [5.74, 6) is 0.396. The predicted octanol–water partition coefficient (Wildman–Crippen LogP) is 2.91. The monoisotopic (exact) mass is 301 g/mol. The van der Waals surface area contributed by atoms with Gasteiger partial charge >= 0.3 is 12.2 Å². The third-order valence-electron chi connectivity index (χ3n) is 3.67. The van der Waals surface area contributed by atoms with Crippen LogP contribution in [0.2, 0.25) is 0 Å². The first-order valence-corrected chi connectivity index (χ1v) is 6.74. The van der Waals surface area contributed by atoms with Crippen molar-refractivity contribution in [1.82, 2.24) is 4.90 Å². The van der Waals surface area contributed by atoms with Crippen molar-refractivity contribution in [3.05, 3.63) is 29.8 Å². The highest BCUT2D eigenvalue weighted by Crippen LogP contribution is 2.35. The van der Waals surface area contributed by atoms with Gasteiger partial charge in [0.1, 0.15) is 0 Å². The smallest absolute Gasteiger partial charge is 0.328 e. The number of amides is 2. The summed E-state index contributed by atoms with van der Waals surface area (Å²) < 4.78 is 37.9. The number of carbonyl (C=O) groups is 1. The number of benzene rings is 1. The summed E-state index contributed by atoms with van der Waals surface area (Å²) in [5.41, 5.74) is 4.98. The molecule has 0 aromatic heterocycles. The van der Waals surface area contributed by atoms with Crippen LogP contribution in [0, 0.1) is 5.92 Å². The number of hydrogen-bond acceptors (Lipinski definition) is 2. The van der Waals surface area contributed by atoms with E-state index in [1.165, 1.54) is 17.0 Å². The molecular formula is C14H18F3N3O. The molecule has 0 bridgehead atoms. The van der Waals surface area contributed by atoms with Gasteiger partial charge in [0.2, 0.25) is 0 Å². The van der Waals surface area contributed by atoms with Crippen LogP contribution in [-0.4, -0.2) is 30.6 Å². The van der Waals surface area contributed by atoms with Gasteiger partial charge in [0.05, 0.1) is 5.56 Å². The van der Waals surface area contributed by atoms with Crippen molar-refractivity contribution in [2.75, 3.05) is 18.9 Å². The Bertz CT molecular complexity index is 514. The van der Waals surface area contributed by atoms with E-state index in [2.05, 4.69) is 5.32 Å². The lowest BCUT2D eigenvalue weighted by molar-refractivity contribution is -0.137. The molecule has 2 amide bonds. The molecule has 4 nitrogen and oxygen atoms in total. The number of urea groups is 1. The first kappa shape index (κ1) is 15.6. The van der Waals surface area contributed by atoms with E-state index in [1.807, 2.05) is 0 Å². The number of nitrogens with zero attached hydrogens (tertiary/aromatic N) is 1. The van der Waals surface area contributed by atoms with Gasteiger partial charge in [-0.15, -0.1) is 0 Å². The molecule has 1 aromatic carbocycles. The fourth-order valence-electron chi connectivity index (χ4n) is 2.28. The third-order valence-corrected chi connectivity index (χ3v) is 3.67. The van der Waals surface area contributed by atoms with Gasteiger partial charge in [-0.3, -0.25) is 0 Å². The Morgan fingerprint density at radius 2 is 2.14 bits per heavy atom. The van der Waals surface area contributed by atoms with Gasteiger partial charge in [-0.05, 0) is 37.0 Å². The second kappa shape index (κ2) is 5.93. The van der Waals surface area contributed by atoms with Crippen molar-refractivity contribution < 1.29 is 18.0 Å². The molecule has 0 aliphatic heterocycles. The van der Waals surface area contributed by atoms with Crippen LogP contribution in [0.25, 0.3) is 0 Å². The lowest BCUT2D eigenvalue weighted by atomic mass is 10.1. The first-order chi connectivity index (χ1) is 9.82. The fourth-order valence-corrected chi connectivity index (χ4v) is 2.28. The molecule has 3 N–H and O–H groups in total. The number of nitrogens with two attached hydrogens (primary N) is 1. The van der Waals surface area contributed by atoms with E-state index >= 15 is 0 Å². The Morgan fingerprint density at radius 3 is 2.67 bits per heavy atom. The van der Waals surface area contributed by atoms with Crippen molar-refractivity contribution in [2.45, 2.75) is 25.1 Å². The molecule has 0 heterocycles. The van der Waals surface area contributed by atoms with Crippen LogP contribution in [0.3, 0.4) is 0 Å². The zero-order valence-electron chi connectivity index (χ0n) is 11.7. The Labute approximate surface area is 121 Å². The highest BCUT2D eigenvalue weighted by Gasteiger charge is 2.35. The Balaban J connectivity index is 2.05. The number of likely N-dealkylation sites (N-methyl/N-ethyl adjacent to an activating group) is 1. The van der Waals surface area contributed by atoms with E-state index in [0.29, 0.717) is 12.5 Å². The van der Waals surface area contributed by atoms with Gasteiger partial charge in [0, 0.05) is 25.3 Å². The number of hydrogen-bond donors (Lipinski definition) is 2. The average Bonchev–Trinajstić information content (AvgIpc) is 3.23. The highest BCUT2D eigenvalue weighted by molar-refractivity contribution is 5.89. The molecule has 21 heavy (non-hydrogen) atoms. The van der Waals surface area contributed by atoms with E-state index in [9.17, 15) is 18.0 Å². The Hall–Kier alpha value is -1.76. The normalized spacial score (nSPS) is 16.4. The van der Waals surface area contributed by atoms with E-state index in [4.69, 9.17) is 5.73 Å². The predicted molar refractivity (Wildman–Crippen MR) is 73.8 cm³/mol. The van der Waals surface area contributed by atoms with Gasteiger partial charge in [-0.2, -0.15) is 13.2 Å². The van der Waals surface area contributed by atoms with Crippen LogP contribution in [0.1, 0.15) is 18.4 Å². The lowest BCUT2D eigenvalue weighted by Gasteiger charge is -2.27. The molecule has 1 saturated carbocycles. The van der Waals surface area contributed by atoms with Crippen LogP contribution in [0.5, 0.6) is 0 Å². The molecule has 2 rings (SSSR count). The van der Waals surface area contributed by atoms with Gasteiger partial charge in [0.25, 0.3) is 0 Å². The molecular weight excluding hydrogens is 283 g/mol.